The molecule has 2 N–H and O–H groups in total. The molecule has 21 heavy (non-hydrogen) atoms. The predicted octanol–water partition coefficient (Wildman–Crippen LogP) is 2.59. The molecule has 0 aliphatic carbocycles. The van der Waals surface area contributed by atoms with E-state index in [2.05, 4.69) is 15.9 Å². The van der Waals surface area contributed by atoms with Crippen molar-refractivity contribution in [3.05, 3.63) is 28.2 Å². The number of anilines is 1. The third-order valence-corrected chi connectivity index (χ3v) is 4.06. The summed E-state index contributed by atoms with van der Waals surface area (Å²) in [7, 11) is 0. The Kier molecular flexibility index (Phi) is 5.22. The summed E-state index contributed by atoms with van der Waals surface area (Å²) in [6.07, 6.45) is 2.45. The summed E-state index contributed by atoms with van der Waals surface area (Å²) < 4.78 is 5.89. The minimum atomic E-state index is -0.505. The van der Waals surface area contributed by atoms with Crippen molar-refractivity contribution in [1.82, 2.24) is 4.90 Å². The van der Waals surface area contributed by atoms with Gasteiger partial charge in [0.2, 0.25) is 0 Å². The number of carbonyl (C=O) groups is 2. The number of hydrogen-bond acceptors (Lipinski definition) is 4. The van der Waals surface area contributed by atoms with Gasteiger partial charge in [-0.2, -0.15) is 0 Å². The SMILES string of the molecule is CCOC(=O)C1CCCCN1C(=O)c1ccc(Br)cc1N. The van der Waals surface area contributed by atoms with Gasteiger partial charge in [-0.25, -0.2) is 4.79 Å². The first kappa shape index (κ1) is 15.8. The first-order valence-electron chi connectivity index (χ1n) is 7.07. The summed E-state index contributed by atoms with van der Waals surface area (Å²) in [6, 6.07) is 4.64. The van der Waals surface area contributed by atoms with E-state index in [9.17, 15) is 9.59 Å². The standard InChI is InChI=1S/C15H19BrN2O3/c1-2-21-15(20)13-5-3-4-8-18(13)14(19)11-7-6-10(16)9-12(11)17/h6-7,9,13H,2-5,8,17H2,1H3. The molecule has 1 heterocycles. The van der Waals surface area contributed by atoms with Crippen LogP contribution in [0.4, 0.5) is 5.69 Å². The van der Waals surface area contributed by atoms with Crippen LogP contribution in [0.5, 0.6) is 0 Å². The molecule has 0 bridgehead atoms. The van der Waals surface area contributed by atoms with Crippen LogP contribution in [-0.4, -0.2) is 36.0 Å². The molecule has 1 saturated heterocycles. The van der Waals surface area contributed by atoms with Gasteiger partial charge >= 0.3 is 5.97 Å². The predicted molar refractivity (Wildman–Crippen MR) is 83.9 cm³/mol. The molecule has 5 nitrogen and oxygen atoms in total. The number of nitrogen functional groups attached to an aromatic ring is 1. The van der Waals surface area contributed by atoms with Crippen molar-refractivity contribution in [2.24, 2.45) is 0 Å². The Morgan fingerprint density at radius 3 is 2.86 bits per heavy atom. The highest BCUT2D eigenvalue weighted by Gasteiger charge is 2.34. The van der Waals surface area contributed by atoms with Gasteiger partial charge in [0.25, 0.3) is 5.91 Å². The zero-order valence-electron chi connectivity index (χ0n) is 12.0. The maximum absolute atomic E-state index is 12.7. The molecular formula is C15H19BrN2O3. The van der Waals surface area contributed by atoms with Gasteiger partial charge in [0.1, 0.15) is 6.04 Å². The van der Waals surface area contributed by atoms with Crippen LogP contribution < -0.4 is 5.73 Å². The van der Waals surface area contributed by atoms with Crippen molar-refractivity contribution < 1.29 is 14.3 Å². The average molecular weight is 355 g/mol. The molecule has 1 aromatic rings. The number of benzene rings is 1. The second-order valence-electron chi connectivity index (χ2n) is 4.99. The molecule has 2 rings (SSSR count). The van der Waals surface area contributed by atoms with E-state index in [0.29, 0.717) is 30.8 Å². The van der Waals surface area contributed by atoms with Crippen LogP contribution >= 0.6 is 15.9 Å². The molecule has 0 saturated carbocycles. The van der Waals surface area contributed by atoms with E-state index in [1.54, 1.807) is 30.0 Å². The third-order valence-electron chi connectivity index (χ3n) is 3.57. The number of likely N-dealkylation sites (tertiary alicyclic amines) is 1. The van der Waals surface area contributed by atoms with Crippen molar-refractivity contribution in [3.8, 4) is 0 Å². The van der Waals surface area contributed by atoms with Crippen LogP contribution in [0.2, 0.25) is 0 Å². The van der Waals surface area contributed by atoms with E-state index < -0.39 is 6.04 Å². The molecule has 1 amide bonds. The van der Waals surface area contributed by atoms with E-state index in [0.717, 1.165) is 17.3 Å². The molecule has 1 aliphatic heterocycles. The maximum Gasteiger partial charge on any atom is 0.328 e. The highest BCUT2D eigenvalue weighted by atomic mass is 79.9. The Morgan fingerprint density at radius 2 is 2.19 bits per heavy atom. The van der Waals surface area contributed by atoms with Crippen LogP contribution in [0.25, 0.3) is 0 Å². The molecule has 1 aliphatic rings. The van der Waals surface area contributed by atoms with Gasteiger partial charge in [-0.05, 0) is 44.4 Å². The van der Waals surface area contributed by atoms with Crippen LogP contribution in [0.1, 0.15) is 36.5 Å². The van der Waals surface area contributed by atoms with Gasteiger partial charge in [0, 0.05) is 16.7 Å². The van der Waals surface area contributed by atoms with Crippen LogP contribution in [0, 0.1) is 0 Å². The summed E-state index contributed by atoms with van der Waals surface area (Å²) in [5.41, 5.74) is 6.75. The van der Waals surface area contributed by atoms with Crippen molar-refractivity contribution in [2.75, 3.05) is 18.9 Å². The molecule has 0 radical (unpaired) electrons. The lowest BCUT2D eigenvalue weighted by Gasteiger charge is -2.34. The first-order valence-corrected chi connectivity index (χ1v) is 7.86. The molecule has 0 aromatic heterocycles. The molecule has 1 atom stereocenters. The Balaban J connectivity index is 2.24. The van der Waals surface area contributed by atoms with Gasteiger partial charge in [-0.15, -0.1) is 0 Å². The number of halogens is 1. The van der Waals surface area contributed by atoms with Gasteiger partial charge in [0.15, 0.2) is 0 Å². The molecule has 114 valence electrons. The second kappa shape index (κ2) is 6.93. The molecule has 1 unspecified atom stereocenters. The van der Waals surface area contributed by atoms with Crippen molar-refractivity contribution in [1.29, 1.82) is 0 Å². The monoisotopic (exact) mass is 354 g/mol. The Morgan fingerprint density at radius 1 is 1.43 bits per heavy atom. The molecule has 1 fully saturated rings. The molecule has 6 heteroatoms. The van der Waals surface area contributed by atoms with Gasteiger partial charge < -0.3 is 15.4 Å². The Bertz CT molecular complexity index is 548. The number of ether oxygens (including phenoxy) is 1. The number of nitrogens with two attached hydrogens (primary N) is 1. The van der Waals surface area contributed by atoms with Gasteiger partial charge in [-0.1, -0.05) is 15.9 Å². The summed E-state index contributed by atoms with van der Waals surface area (Å²) >= 11 is 3.32. The first-order chi connectivity index (χ1) is 10.0. The maximum atomic E-state index is 12.7. The lowest BCUT2D eigenvalue weighted by atomic mass is 10.0. The largest absolute Gasteiger partial charge is 0.464 e. The topological polar surface area (TPSA) is 72.6 Å². The fourth-order valence-electron chi connectivity index (χ4n) is 2.54. The summed E-state index contributed by atoms with van der Waals surface area (Å²) in [5, 5.41) is 0. The second-order valence-corrected chi connectivity index (χ2v) is 5.91. The van der Waals surface area contributed by atoms with E-state index in [1.807, 2.05) is 0 Å². The van der Waals surface area contributed by atoms with Gasteiger partial charge in [-0.3, -0.25) is 4.79 Å². The normalized spacial score (nSPS) is 18.4. The minimum absolute atomic E-state index is 0.210. The quantitative estimate of drug-likeness (QED) is 0.668. The zero-order chi connectivity index (χ0) is 15.4. The number of esters is 1. The highest BCUT2D eigenvalue weighted by Crippen LogP contribution is 2.25. The van der Waals surface area contributed by atoms with Crippen LogP contribution in [0.15, 0.2) is 22.7 Å². The van der Waals surface area contributed by atoms with E-state index in [-0.39, 0.29) is 11.9 Å². The summed E-state index contributed by atoms with van der Waals surface area (Å²) in [6.45, 7) is 2.63. The van der Waals surface area contributed by atoms with Crippen LogP contribution in [-0.2, 0) is 9.53 Å². The number of rotatable bonds is 3. The van der Waals surface area contributed by atoms with E-state index >= 15 is 0 Å². The van der Waals surface area contributed by atoms with Gasteiger partial charge in [0.05, 0.1) is 12.2 Å². The number of nitrogens with zero attached hydrogens (tertiary/aromatic N) is 1. The fraction of sp³-hybridized carbons (Fsp3) is 0.467. The summed E-state index contributed by atoms with van der Waals surface area (Å²) in [4.78, 5) is 26.3. The Labute approximate surface area is 132 Å². The minimum Gasteiger partial charge on any atom is -0.464 e. The summed E-state index contributed by atoms with van der Waals surface area (Å²) in [5.74, 6) is -0.543. The van der Waals surface area contributed by atoms with Crippen molar-refractivity contribution in [2.45, 2.75) is 32.2 Å². The zero-order valence-corrected chi connectivity index (χ0v) is 13.6. The van der Waals surface area contributed by atoms with Crippen molar-refractivity contribution in [3.63, 3.8) is 0 Å². The third kappa shape index (κ3) is 3.56. The number of carbonyl (C=O) groups excluding carboxylic acids is 2. The number of hydrogen-bond donors (Lipinski definition) is 1. The number of piperidine rings is 1. The average Bonchev–Trinajstić information content (AvgIpc) is 2.47. The highest BCUT2D eigenvalue weighted by molar-refractivity contribution is 9.10. The molecule has 0 spiro atoms. The van der Waals surface area contributed by atoms with E-state index in [4.69, 9.17) is 10.5 Å². The fourth-order valence-corrected chi connectivity index (χ4v) is 2.92. The number of amides is 1. The smallest absolute Gasteiger partial charge is 0.328 e. The Hall–Kier alpha value is -1.56. The lowest BCUT2D eigenvalue weighted by molar-refractivity contribution is -0.149. The van der Waals surface area contributed by atoms with E-state index in [1.165, 1.54) is 0 Å². The molecule has 1 aromatic carbocycles. The van der Waals surface area contributed by atoms with Crippen LogP contribution in [0.3, 0.4) is 0 Å². The molecular weight excluding hydrogens is 336 g/mol. The lowest BCUT2D eigenvalue weighted by Crippen LogP contribution is -2.48. The van der Waals surface area contributed by atoms with Crippen molar-refractivity contribution >= 4 is 33.5 Å².